The van der Waals surface area contributed by atoms with E-state index >= 15 is 0 Å². The number of likely N-dealkylation sites (N-methyl/N-ethyl adjacent to an activating group) is 1. The fourth-order valence-electron chi connectivity index (χ4n) is 3.10. The van der Waals surface area contributed by atoms with Crippen LogP contribution in [0.1, 0.15) is 22.5 Å². The molecule has 0 spiro atoms. The van der Waals surface area contributed by atoms with Crippen LogP contribution in [0.15, 0.2) is 35.2 Å². The number of likely N-dealkylation sites (tertiary alicyclic amines) is 1. The van der Waals surface area contributed by atoms with E-state index in [0.717, 1.165) is 5.56 Å². The van der Waals surface area contributed by atoms with E-state index in [0.29, 0.717) is 38.3 Å². The summed E-state index contributed by atoms with van der Waals surface area (Å²) in [6, 6.07) is 6.34. The number of carbonyl (C=O) groups is 1. The van der Waals surface area contributed by atoms with Gasteiger partial charge < -0.3 is 10.0 Å². The van der Waals surface area contributed by atoms with Crippen LogP contribution in [0, 0.1) is 5.82 Å². The highest BCUT2D eigenvalue weighted by molar-refractivity contribution is 7.07. The second-order valence-corrected chi connectivity index (χ2v) is 7.09. The number of halogens is 1. The quantitative estimate of drug-likeness (QED) is 0.897. The molecule has 1 aliphatic rings. The number of hydrogen-bond donors (Lipinski definition) is 1. The maximum Gasteiger partial charge on any atom is 0.273 e. The first-order valence-corrected chi connectivity index (χ1v) is 8.72. The Balaban J connectivity index is 1.56. The van der Waals surface area contributed by atoms with E-state index in [2.05, 4.69) is 4.98 Å². The molecular weight excluding hydrogens is 329 g/mol. The molecule has 0 saturated carbocycles. The molecule has 0 aliphatic carbocycles. The Morgan fingerprint density at radius 3 is 2.88 bits per heavy atom. The normalized spacial score (nSPS) is 20.8. The second-order valence-electron chi connectivity index (χ2n) is 6.37. The fourth-order valence-corrected chi connectivity index (χ4v) is 3.62. The molecule has 1 aromatic heterocycles. The Bertz CT molecular complexity index is 692. The molecule has 1 aliphatic heterocycles. The molecule has 1 fully saturated rings. The lowest BCUT2D eigenvalue weighted by atomic mass is 10.0. The molecule has 2 aromatic rings. The minimum Gasteiger partial charge on any atom is -0.387 e. The molecule has 128 valence electrons. The Morgan fingerprint density at radius 1 is 1.46 bits per heavy atom. The van der Waals surface area contributed by atoms with Gasteiger partial charge in [0.1, 0.15) is 11.5 Å². The molecule has 0 radical (unpaired) electrons. The molecule has 1 N–H and O–H groups in total. The highest BCUT2D eigenvalue weighted by Crippen LogP contribution is 2.24. The molecule has 0 unspecified atom stereocenters. The molecule has 3 rings (SSSR count). The molecule has 2 heterocycles. The molecular formula is C17H20FN3O2S. The van der Waals surface area contributed by atoms with Crippen LogP contribution in [0.25, 0.3) is 0 Å². The van der Waals surface area contributed by atoms with Crippen LogP contribution >= 0.6 is 11.3 Å². The molecule has 1 atom stereocenters. The maximum absolute atomic E-state index is 13.0. The van der Waals surface area contributed by atoms with E-state index in [9.17, 15) is 14.3 Å². The van der Waals surface area contributed by atoms with Crippen molar-refractivity contribution in [3.8, 4) is 0 Å². The molecule has 1 saturated heterocycles. The zero-order valence-corrected chi connectivity index (χ0v) is 14.3. The van der Waals surface area contributed by atoms with E-state index in [1.54, 1.807) is 27.9 Å². The number of rotatable bonds is 5. The summed E-state index contributed by atoms with van der Waals surface area (Å²) in [5.74, 6) is -0.389. The molecule has 0 bridgehead atoms. The largest absolute Gasteiger partial charge is 0.387 e. The average molecular weight is 349 g/mol. The summed E-state index contributed by atoms with van der Waals surface area (Å²) in [4.78, 5) is 20.0. The highest BCUT2D eigenvalue weighted by Gasteiger charge is 2.39. The van der Waals surface area contributed by atoms with Gasteiger partial charge in [-0.2, -0.15) is 0 Å². The van der Waals surface area contributed by atoms with E-state index in [4.69, 9.17) is 0 Å². The number of carbonyl (C=O) groups excluding carboxylic acids is 1. The van der Waals surface area contributed by atoms with Crippen molar-refractivity contribution in [2.24, 2.45) is 0 Å². The predicted octanol–water partition coefficient (Wildman–Crippen LogP) is 1.99. The summed E-state index contributed by atoms with van der Waals surface area (Å²) >= 11 is 1.38. The van der Waals surface area contributed by atoms with Crippen molar-refractivity contribution in [1.82, 2.24) is 14.8 Å². The van der Waals surface area contributed by atoms with Gasteiger partial charge in [0, 0.05) is 25.0 Å². The number of aliphatic hydroxyl groups is 1. The standard InChI is InChI=1S/C17H20FN3O2S/c1-20(8-13-2-4-14(18)5-3-13)10-17(23)6-7-21(11-17)16(22)15-9-24-12-19-15/h2-5,9,12,23H,6-8,10-11H2,1H3/t17-/m1/s1. The lowest BCUT2D eigenvalue weighted by Gasteiger charge is -2.29. The summed E-state index contributed by atoms with van der Waals surface area (Å²) in [6.07, 6.45) is 0.538. The maximum atomic E-state index is 13.0. The second kappa shape index (κ2) is 6.96. The average Bonchev–Trinajstić information content (AvgIpc) is 3.19. The molecule has 1 amide bonds. The van der Waals surface area contributed by atoms with Gasteiger partial charge in [0.2, 0.25) is 0 Å². The van der Waals surface area contributed by atoms with Gasteiger partial charge >= 0.3 is 0 Å². The summed E-state index contributed by atoms with van der Waals surface area (Å²) in [6.45, 7) is 1.89. The van der Waals surface area contributed by atoms with Crippen LogP contribution in [0.2, 0.25) is 0 Å². The number of amides is 1. The summed E-state index contributed by atoms with van der Waals surface area (Å²) in [5, 5.41) is 12.5. The number of benzene rings is 1. The summed E-state index contributed by atoms with van der Waals surface area (Å²) in [5.41, 5.74) is 2.12. The van der Waals surface area contributed by atoms with E-state index < -0.39 is 5.60 Å². The molecule has 24 heavy (non-hydrogen) atoms. The van der Waals surface area contributed by atoms with Crippen molar-refractivity contribution >= 4 is 17.2 Å². The zero-order chi connectivity index (χ0) is 17.2. The van der Waals surface area contributed by atoms with Crippen molar-refractivity contribution < 1.29 is 14.3 Å². The monoisotopic (exact) mass is 349 g/mol. The Labute approximate surface area is 144 Å². The van der Waals surface area contributed by atoms with Gasteiger partial charge in [0.15, 0.2) is 0 Å². The van der Waals surface area contributed by atoms with Crippen LogP contribution in [-0.2, 0) is 6.54 Å². The third kappa shape index (κ3) is 3.98. The van der Waals surface area contributed by atoms with Crippen LogP contribution in [0.4, 0.5) is 4.39 Å². The Hall–Kier alpha value is -1.83. The van der Waals surface area contributed by atoms with Gasteiger partial charge in [-0.05, 0) is 31.2 Å². The smallest absolute Gasteiger partial charge is 0.273 e. The first-order chi connectivity index (χ1) is 11.5. The summed E-state index contributed by atoms with van der Waals surface area (Å²) in [7, 11) is 1.91. The first-order valence-electron chi connectivity index (χ1n) is 7.78. The van der Waals surface area contributed by atoms with Gasteiger partial charge in [0.05, 0.1) is 17.7 Å². The van der Waals surface area contributed by atoms with E-state index in [-0.39, 0.29) is 11.7 Å². The van der Waals surface area contributed by atoms with Crippen molar-refractivity contribution in [3.05, 3.63) is 52.2 Å². The zero-order valence-electron chi connectivity index (χ0n) is 13.5. The first kappa shape index (κ1) is 17.0. The van der Waals surface area contributed by atoms with Gasteiger partial charge in [-0.15, -0.1) is 11.3 Å². The van der Waals surface area contributed by atoms with Crippen molar-refractivity contribution in [2.75, 3.05) is 26.7 Å². The lowest BCUT2D eigenvalue weighted by Crippen LogP contribution is -2.44. The van der Waals surface area contributed by atoms with Crippen molar-refractivity contribution in [1.29, 1.82) is 0 Å². The fraction of sp³-hybridized carbons (Fsp3) is 0.412. The van der Waals surface area contributed by atoms with Crippen LogP contribution in [-0.4, -0.2) is 58.1 Å². The SMILES string of the molecule is CN(Cc1ccc(F)cc1)C[C@]1(O)CCN(C(=O)c2cscn2)C1. The van der Waals surface area contributed by atoms with E-state index in [1.807, 2.05) is 11.9 Å². The number of thiazole rings is 1. The van der Waals surface area contributed by atoms with Gasteiger partial charge in [-0.25, -0.2) is 9.37 Å². The number of hydrogen-bond acceptors (Lipinski definition) is 5. The van der Waals surface area contributed by atoms with E-state index in [1.165, 1.54) is 23.5 Å². The molecule has 1 aromatic carbocycles. The van der Waals surface area contributed by atoms with Crippen molar-refractivity contribution in [3.63, 3.8) is 0 Å². The van der Waals surface area contributed by atoms with Crippen LogP contribution in [0.3, 0.4) is 0 Å². The predicted molar refractivity (Wildman–Crippen MR) is 90.3 cm³/mol. The number of nitrogens with zero attached hydrogens (tertiary/aromatic N) is 3. The van der Waals surface area contributed by atoms with Gasteiger partial charge in [-0.1, -0.05) is 12.1 Å². The van der Waals surface area contributed by atoms with Crippen LogP contribution in [0.5, 0.6) is 0 Å². The third-order valence-electron chi connectivity index (χ3n) is 4.20. The van der Waals surface area contributed by atoms with Crippen LogP contribution < -0.4 is 0 Å². The Kier molecular flexibility index (Phi) is 4.93. The lowest BCUT2D eigenvalue weighted by molar-refractivity contribution is 0.0163. The van der Waals surface area contributed by atoms with Gasteiger partial charge in [-0.3, -0.25) is 9.69 Å². The topological polar surface area (TPSA) is 56.7 Å². The van der Waals surface area contributed by atoms with Crippen molar-refractivity contribution in [2.45, 2.75) is 18.6 Å². The highest BCUT2D eigenvalue weighted by atomic mass is 32.1. The molecule has 5 nitrogen and oxygen atoms in total. The number of aromatic nitrogens is 1. The Morgan fingerprint density at radius 2 is 2.21 bits per heavy atom. The van der Waals surface area contributed by atoms with Gasteiger partial charge in [0.25, 0.3) is 5.91 Å². The number of β-amino-alcohol motifs (C(OH)–C–C–N with tert-alkyl or cyclic N) is 1. The summed E-state index contributed by atoms with van der Waals surface area (Å²) < 4.78 is 13.0. The molecule has 7 heteroatoms. The third-order valence-corrected chi connectivity index (χ3v) is 4.79. The minimum absolute atomic E-state index is 0.131. The minimum atomic E-state index is -0.930.